The number of amides is 1. The lowest BCUT2D eigenvalue weighted by Gasteiger charge is -2.35. The molecule has 1 aliphatic rings. The second-order valence-electron chi connectivity index (χ2n) is 7.95. The number of nitrogens with one attached hydrogen (secondary N) is 2. The zero-order valence-corrected chi connectivity index (χ0v) is 19.0. The van der Waals surface area contributed by atoms with Crippen LogP contribution in [0.4, 0.5) is 4.39 Å². The van der Waals surface area contributed by atoms with Crippen LogP contribution >= 0.6 is 12.2 Å². The third kappa shape index (κ3) is 5.03. The first-order valence-electron chi connectivity index (χ1n) is 10.7. The number of ether oxygens (including phenoxy) is 1. The number of nitrogens with zero attached hydrogens (tertiary/aromatic N) is 4. The topological polar surface area (TPSA) is 87.5 Å². The van der Waals surface area contributed by atoms with Gasteiger partial charge in [-0.05, 0) is 55.7 Å². The molecule has 1 amide bonds. The monoisotopic (exact) mass is 458 g/mol. The first-order valence-corrected chi connectivity index (χ1v) is 11.1. The van der Waals surface area contributed by atoms with Crippen LogP contribution in [-0.2, 0) is 16.0 Å². The predicted octanol–water partition coefficient (Wildman–Crippen LogP) is 2.67. The van der Waals surface area contributed by atoms with Crippen molar-refractivity contribution in [1.29, 1.82) is 0 Å². The molecule has 0 aliphatic carbocycles. The molecule has 1 aromatic carbocycles. The highest BCUT2D eigenvalue weighted by Gasteiger charge is 2.23. The molecule has 10 heteroatoms. The molecule has 1 fully saturated rings. The Hall–Kier alpha value is -2.69. The molecule has 0 spiro atoms. The molecule has 1 saturated heterocycles. The number of hydrogen-bond acceptors (Lipinski definition) is 6. The predicted molar refractivity (Wildman–Crippen MR) is 121 cm³/mol. The number of H-pyrrole nitrogens is 1. The highest BCUT2D eigenvalue weighted by Crippen LogP contribution is 2.22. The van der Waals surface area contributed by atoms with E-state index in [9.17, 15) is 9.18 Å². The largest absolute Gasteiger partial charge is 0.379 e. The van der Waals surface area contributed by atoms with Gasteiger partial charge in [0.05, 0.1) is 19.3 Å². The Kier molecular flexibility index (Phi) is 6.92. The van der Waals surface area contributed by atoms with Gasteiger partial charge in [-0.3, -0.25) is 14.8 Å². The van der Waals surface area contributed by atoms with Crippen LogP contribution in [0.2, 0.25) is 0 Å². The van der Waals surface area contributed by atoms with E-state index < -0.39 is 0 Å². The van der Waals surface area contributed by atoms with E-state index >= 15 is 0 Å². The van der Waals surface area contributed by atoms with Crippen LogP contribution in [0.1, 0.15) is 35.0 Å². The minimum absolute atomic E-state index is 0.0315. The molecular weight excluding hydrogens is 431 g/mol. The third-order valence-corrected chi connectivity index (χ3v) is 6.10. The number of benzene rings is 1. The summed E-state index contributed by atoms with van der Waals surface area (Å²) in [6, 6.07) is 6.45. The summed E-state index contributed by atoms with van der Waals surface area (Å²) >= 11 is 5.10. The average Bonchev–Trinajstić information content (AvgIpc) is 3.16. The van der Waals surface area contributed by atoms with Crippen molar-refractivity contribution < 1.29 is 13.9 Å². The van der Waals surface area contributed by atoms with E-state index in [0.29, 0.717) is 43.1 Å². The third-order valence-electron chi connectivity index (χ3n) is 5.92. The number of hydrogen-bond donors (Lipinski definition) is 2. The van der Waals surface area contributed by atoms with Gasteiger partial charge in [-0.15, -0.1) is 0 Å². The number of halogens is 1. The number of aromatic amines is 1. The molecular formula is C22H27FN6O2S. The zero-order chi connectivity index (χ0) is 22.7. The fourth-order valence-electron chi connectivity index (χ4n) is 4.17. The Labute approximate surface area is 190 Å². The van der Waals surface area contributed by atoms with Gasteiger partial charge in [0.2, 0.25) is 10.7 Å². The van der Waals surface area contributed by atoms with E-state index in [2.05, 4.69) is 25.3 Å². The van der Waals surface area contributed by atoms with Gasteiger partial charge < -0.3 is 10.1 Å². The summed E-state index contributed by atoms with van der Waals surface area (Å²) in [5.41, 5.74) is 3.76. The first-order chi connectivity index (χ1) is 15.4. The minimum atomic E-state index is -0.270. The van der Waals surface area contributed by atoms with Crippen LogP contribution in [0, 0.1) is 24.4 Å². The second kappa shape index (κ2) is 9.85. The van der Waals surface area contributed by atoms with Crippen molar-refractivity contribution in [1.82, 2.24) is 29.8 Å². The normalized spacial score (nSPS) is 15.7. The van der Waals surface area contributed by atoms with Gasteiger partial charge >= 0.3 is 0 Å². The van der Waals surface area contributed by atoms with Crippen LogP contribution < -0.4 is 5.32 Å². The van der Waals surface area contributed by atoms with Crippen molar-refractivity contribution in [2.75, 3.05) is 32.8 Å². The molecule has 4 rings (SSSR count). The van der Waals surface area contributed by atoms with E-state index in [0.717, 1.165) is 35.6 Å². The Morgan fingerprint density at radius 2 is 1.97 bits per heavy atom. The average molecular weight is 459 g/mol. The van der Waals surface area contributed by atoms with Crippen LogP contribution in [0.25, 0.3) is 5.78 Å². The molecule has 1 aliphatic heterocycles. The zero-order valence-electron chi connectivity index (χ0n) is 18.2. The molecule has 2 N–H and O–H groups in total. The Balaban J connectivity index is 1.42. The summed E-state index contributed by atoms with van der Waals surface area (Å²) in [7, 11) is 0. The van der Waals surface area contributed by atoms with Crippen molar-refractivity contribution in [3.8, 4) is 0 Å². The van der Waals surface area contributed by atoms with E-state index in [1.807, 2.05) is 13.8 Å². The molecule has 0 radical (unpaired) electrons. The number of carbonyl (C=O) groups is 1. The van der Waals surface area contributed by atoms with Crippen LogP contribution in [0.15, 0.2) is 24.3 Å². The quantitative estimate of drug-likeness (QED) is 0.530. The summed E-state index contributed by atoms with van der Waals surface area (Å²) in [6.07, 6.45) is 0.896. The molecule has 1 atom stereocenters. The van der Waals surface area contributed by atoms with Gasteiger partial charge in [0.15, 0.2) is 0 Å². The molecule has 170 valence electrons. The number of aryl methyl sites for hydroxylation is 2. The molecule has 0 bridgehead atoms. The number of morpholine rings is 1. The smallest absolute Gasteiger partial charge is 0.252 e. The number of rotatable bonds is 7. The molecule has 1 unspecified atom stereocenters. The number of fused-ring (bicyclic) bond motifs is 1. The highest BCUT2D eigenvalue weighted by molar-refractivity contribution is 7.71. The second-order valence-corrected chi connectivity index (χ2v) is 8.33. The highest BCUT2D eigenvalue weighted by atomic mass is 32.1. The van der Waals surface area contributed by atoms with Crippen LogP contribution in [0.3, 0.4) is 0 Å². The van der Waals surface area contributed by atoms with Gasteiger partial charge in [-0.25, -0.2) is 13.9 Å². The molecule has 8 nitrogen and oxygen atoms in total. The summed E-state index contributed by atoms with van der Waals surface area (Å²) in [6.45, 7) is 7.18. The van der Waals surface area contributed by atoms with E-state index in [1.165, 1.54) is 12.1 Å². The van der Waals surface area contributed by atoms with Crippen LogP contribution in [-0.4, -0.2) is 63.2 Å². The maximum absolute atomic E-state index is 13.4. The van der Waals surface area contributed by atoms with Crippen molar-refractivity contribution in [2.45, 2.75) is 32.7 Å². The lowest BCUT2D eigenvalue weighted by atomic mass is 10.0. The fourth-order valence-corrected chi connectivity index (χ4v) is 4.34. The number of carbonyl (C=O) groups excluding carboxylic acids is 1. The molecule has 2 aromatic heterocycles. The van der Waals surface area contributed by atoms with Gasteiger partial charge in [0.25, 0.3) is 5.78 Å². The molecule has 0 saturated carbocycles. The SMILES string of the molecule is Cc1nc2nc(=S)[nH]n2c(C)c1CCC(=O)NCC(c1ccc(F)cc1)N1CCOCC1. The van der Waals surface area contributed by atoms with Crippen molar-refractivity contribution in [2.24, 2.45) is 0 Å². The van der Waals surface area contributed by atoms with Crippen LogP contribution in [0.5, 0.6) is 0 Å². The van der Waals surface area contributed by atoms with Gasteiger partial charge in [-0.1, -0.05) is 12.1 Å². The molecule has 3 aromatic rings. The lowest BCUT2D eigenvalue weighted by Crippen LogP contribution is -2.43. The van der Waals surface area contributed by atoms with Crippen molar-refractivity contribution >= 4 is 23.9 Å². The van der Waals surface area contributed by atoms with E-state index in [1.54, 1.807) is 16.6 Å². The molecule has 3 heterocycles. The van der Waals surface area contributed by atoms with Gasteiger partial charge in [-0.2, -0.15) is 4.98 Å². The minimum Gasteiger partial charge on any atom is -0.379 e. The fraction of sp³-hybridized carbons (Fsp3) is 0.455. The van der Waals surface area contributed by atoms with Crippen molar-refractivity contribution in [3.63, 3.8) is 0 Å². The maximum atomic E-state index is 13.4. The maximum Gasteiger partial charge on any atom is 0.252 e. The first kappa shape index (κ1) is 22.5. The Morgan fingerprint density at radius 1 is 1.25 bits per heavy atom. The summed E-state index contributed by atoms with van der Waals surface area (Å²) < 4.78 is 21.0. The molecule has 32 heavy (non-hydrogen) atoms. The summed E-state index contributed by atoms with van der Waals surface area (Å²) in [5, 5.41) is 6.06. The van der Waals surface area contributed by atoms with E-state index in [-0.39, 0.29) is 17.8 Å². The van der Waals surface area contributed by atoms with Crippen molar-refractivity contribution in [3.05, 3.63) is 57.4 Å². The van der Waals surface area contributed by atoms with Gasteiger partial charge in [0.1, 0.15) is 5.82 Å². The lowest BCUT2D eigenvalue weighted by molar-refractivity contribution is -0.121. The Morgan fingerprint density at radius 3 is 2.69 bits per heavy atom. The summed E-state index contributed by atoms with van der Waals surface area (Å²) in [4.78, 5) is 23.7. The summed E-state index contributed by atoms with van der Waals surface area (Å²) in [5.74, 6) is 0.224. The van der Waals surface area contributed by atoms with E-state index in [4.69, 9.17) is 17.0 Å². The number of aromatic nitrogens is 4. The standard InChI is InChI=1S/C22H27FN6O2S/c1-14-18(15(2)29-21(25-14)26-22(32)27-29)7-8-20(30)24-13-19(28-9-11-31-12-10-28)16-3-5-17(23)6-4-16/h3-6,19H,7-13H2,1-2H3,(H,24,30)(H,27,32). The Bertz CT molecular complexity index is 1150. The van der Waals surface area contributed by atoms with Gasteiger partial charge in [0, 0.05) is 37.4 Å².